The number of nitrogens with zero attached hydrogens (tertiary/aromatic N) is 4. The number of anilines is 1. The number of nitrogens with one attached hydrogen (secondary N) is 1. The van der Waals surface area contributed by atoms with Gasteiger partial charge in [0.2, 0.25) is 5.91 Å². The number of aliphatic hydroxyl groups excluding tert-OH is 1. The molecule has 1 amide bonds. The third kappa shape index (κ3) is 12.1. The fourth-order valence-corrected chi connectivity index (χ4v) is 5.15. The zero-order valence-electron chi connectivity index (χ0n) is 26.9. The van der Waals surface area contributed by atoms with Crippen LogP contribution in [0.4, 0.5) is 10.2 Å². The van der Waals surface area contributed by atoms with Crippen molar-refractivity contribution in [1.29, 1.82) is 0 Å². The van der Waals surface area contributed by atoms with E-state index < -0.39 is 30.4 Å². The molecule has 0 fully saturated rings. The predicted molar refractivity (Wildman–Crippen MR) is 169 cm³/mol. The van der Waals surface area contributed by atoms with Crippen LogP contribution >= 0.6 is 0 Å². The minimum absolute atomic E-state index is 0.0506. The van der Waals surface area contributed by atoms with Crippen LogP contribution in [0.3, 0.4) is 0 Å². The van der Waals surface area contributed by atoms with E-state index >= 15 is 0 Å². The molecule has 2 rings (SSSR count). The van der Waals surface area contributed by atoms with Gasteiger partial charge in [0.1, 0.15) is 0 Å². The van der Waals surface area contributed by atoms with Crippen LogP contribution in [0.1, 0.15) is 123 Å². The molecule has 44 heavy (non-hydrogen) atoms. The summed E-state index contributed by atoms with van der Waals surface area (Å²) in [5.74, 6) is 1.59. The fourth-order valence-electron chi connectivity index (χ4n) is 5.15. The number of carbonyl (C=O) groups is 2. The Bertz CT molecular complexity index is 1180. The second-order valence-electron chi connectivity index (χ2n) is 11.4. The quantitative estimate of drug-likeness (QED) is 0.0591. The van der Waals surface area contributed by atoms with Gasteiger partial charge in [0.15, 0.2) is 28.7 Å². The standard InChI is InChI=1S/C33H52FN5O5/c1-5-8-10-11-12-13-14-15-16-17-18-20-22-28(42)44-26(33(7-3,24-40)43-4)23-39-25-35-29-30(37-32(34)38-31(29)39)36-27(41)21-19-9-6-2/h3,25-26,40H,5-6,8-24H2,1-2,4H3,(H,36,37,38,41)/t26-,33?/m0/s1. The van der Waals surface area contributed by atoms with Crippen molar-refractivity contribution in [3.63, 3.8) is 0 Å². The summed E-state index contributed by atoms with van der Waals surface area (Å²) in [6.45, 7) is 3.52. The number of fused-ring (bicyclic) bond motifs is 1. The normalized spacial score (nSPS) is 13.4. The fraction of sp³-hybridized carbons (Fsp3) is 0.727. The second kappa shape index (κ2) is 20.8. The smallest absolute Gasteiger partial charge is 0.312 e. The van der Waals surface area contributed by atoms with Gasteiger partial charge >= 0.3 is 12.0 Å². The zero-order chi connectivity index (χ0) is 32.2. The van der Waals surface area contributed by atoms with E-state index in [0.717, 1.165) is 32.1 Å². The Hall–Kier alpha value is -3.10. The van der Waals surface area contributed by atoms with Gasteiger partial charge in [0.25, 0.3) is 0 Å². The molecule has 2 N–H and O–H groups in total. The summed E-state index contributed by atoms with van der Waals surface area (Å²) in [5, 5.41) is 12.8. The highest BCUT2D eigenvalue weighted by Gasteiger charge is 2.41. The summed E-state index contributed by atoms with van der Waals surface area (Å²) in [6, 6.07) is 0. The number of imidazole rings is 1. The molecule has 0 aliphatic rings. The molecule has 0 saturated carbocycles. The summed E-state index contributed by atoms with van der Waals surface area (Å²) in [4.78, 5) is 37.1. The SMILES string of the molecule is C#CC(CO)(OC)[C@H](Cn1cnc2c(NC(=O)CCCCC)nc(F)nc21)OC(=O)CCCCCCCCCCCCCC. The first kappa shape index (κ1) is 37.1. The van der Waals surface area contributed by atoms with E-state index in [1.54, 1.807) is 0 Å². The van der Waals surface area contributed by atoms with E-state index in [0.29, 0.717) is 12.8 Å². The van der Waals surface area contributed by atoms with Crippen molar-refractivity contribution in [2.24, 2.45) is 0 Å². The highest BCUT2D eigenvalue weighted by atomic mass is 19.1. The molecule has 2 aromatic rings. The number of ether oxygens (including phenoxy) is 2. The van der Waals surface area contributed by atoms with Gasteiger partial charge < -0.3 is 24.5 Å². The van der Waals surface area contributed by atoms with E-state index in [9.17, 15) is 19.1 Å². The number of terminal acetylenes is 1. The first-order valence-corrected chi connectivity index (χ1v) is 16.4. The van der Waals surface area contributed by atoms with E-state index in [1.165, 1.54) is 69.4 Å². The lowest BCUT2D eigenvalue weighted by Crippen LogP contribution is -2.50. The molecule has 11 heteroatoms. The van der Waals surface area contributed by atoms with Crippen LogP contribution in [-0.4, -0.2) is 61.9 Å². The van der Waals surface area contributed by atoms with Gasteiger partial charge in [-0.25, -0.2) is 4.98 Å². The van der Waals surface area contributed by atoms with E-state index in [1.807, 2.05) is 6.92 Å². The Labute approximate surface area is 261 Å². The van der Waals surface area contributed by atoms with Crippen LogP contribution in [0, 0.1) is 18.4 Å². The average molecular weight is 618 g/mol. The molecule has 0 radical (unpaired) electrons. The Balaban J connectivity index is 1.99. The summed E-state index contributed by atoms with van der Waals surface area (Å²) in [7, 11) is 1.32. The molecule has 0 saturated heterocycles. The van der Waals surface area contributed by atoms with Gasteiger partial charge in [-0.1, -0.05) is 103 Å². The number of carbonyl (C=O) groups excluding carboxylic acids is 2. The van der Waals surface area contributed by atoms with E-state index in [-0.39, 0.29) is 42.3 Å². The molecule has 0 aromatic carbocycles. The number of methoxy groups -OCH3 is 1. The van der Waals surface area contributed by atoms with Crippen LogP contribution in [-0.2, 0) is 25.6 Å². The maximum absolute atomic E-state index is 14.4. The summed E-state index contributed by atoms with van der Waals surface area (Å²) in [6.07, 6.45) is 22.1. The highest BCUT2D eigenvalue weighted by molar-refractivity contribution is 5.96. The number of amides is 1. The lowest BCUT2D eigenvalue weighted by Gasteiger charge is -2.33. The van der Waals surface area contributed by atoms with Gasteiger partial charge in [-0.15, -0.1) is 6.42 Å². The molecule has 2 heterocycles. The number of hydrogen-bond acceptors (Lipinski definition) is 8. The molecule has 246 valence electrons. The van der Waals surface area contributed by atoms with Crippen molar-refractivity contribution in [1.82, 2.24) is 19.5 Å². The van der Waals surface area contributed by atoms with E-state index in [2.05, 4.69) is 33.1 Å². The van der Waals surface area contributed by atoms with Crippen molar-refractivity contribution in [3.05, 3.63) is 12.4 Å². The molecule has 0 bridgehead atoms. The zero-order valence-corrected chi connectivity index (χ0v) is 26.9. The van der Waals surface area contributed by atoms with Gasteiger partial charge in [0, 0.05) is 20.0 Å². The lowest BCUT2D eigenvalue weighted by atomic mass is 9.97. The lowest BCUT2D eigenvalue weighted by molar-refractivity contribution is -0.168. The Morgan fingerprint density at radius 2 is 1.55 bits per heavy atom. The van der Waals surface area contributed by atoms with Gasteiger partial charge in [0.05, 0.1) is 19.5 Å². The average Bonchev–Trinajstić information content (AvgIpc) is 3.41. The second-order valence-corrected chi connectivity index (χ2v) is 11.4. The topological polar surface area (TPSA) is 128 Å². The van der Waals surface area contributed by atoms with Crippen molar-refractivity contribution < 1.29 is 28.6 Å². The van der Waals surface area contributed by atoms with Gasteiger partial charge in [-0.05, 0) is 12.8 Å². The van der Waals surface area contributed by atoms with Gasteiger partial charge in [-0.3, -0.25) is 9.59 Å². The number of unbranched alkanes of at least 4 members (excludes halogenated alkanes) is 13. The Kier molecular flexibility index (Phi) is 17.5. The minimum atomic E-state index is -1.65. The third-order valence-electron chi connectivity index (χ3n) is 7.94. The monoisotopic (exact) mass is 617 g/mol. The molecule has 0 aliphatic carbocycles. The summed E-state index contributed by atoms with van der Waals surface area (Å²) in [5.41, 5.74) is -1.40. The number of esters is 1. The summed E-state index contributed by atoms with van der Waals surface area (Å²) < 4.78 is 27.1. The molecular weight excluding hydrogens is 565 g/mol. The van der Waals surface area contributed by atoms with Crippen molar-refractivity contribution >= 4 is 28.9 Å². The summed E-state index contributed by atoms with van der Waals surface area (Å²) >= 11 is 0. The number of halogens is 1. The maximum atomic E-state index is 14.4. The molecule has 2 aromatic heterocycles. The largest absolute Gasteiger partial charge is 0.456 e. The highest BCUT2D eigenvalue weighted by Crippen LogP contribution is 2.25. The maximum Gasteiger partial charge on any atom is 0.312 e. The Morgan fingerprint density at radius 3 is 2.11 bits per heavy atom. The molecule has 10 nitrogen and oxygen atoms in total. The first-order valence-electron chi connectivity index (χ1n) is 16.4. The van der Waals surface area contributed by atoms with Crippen LogP contribution in [0.2, 0.25) is 0 Å². The third-order valence-corrected chi connectivity index (χ3v) is 7.94. The predicted octanol–water partition coefficient (Wildman–Crippen LogP) is 6.50. The molecule has 1 unspecified atom stereocenters. The molecule has 0 spiro atoms. The van der Waals surface area contributed by atoms with Crippen LogP contribution in [0.15, 0.2) is 6.33 Å². The first-order chi connectivity index (χ1) is 21.3. The van der Waals surface area contributed by atoms with E-state index in [4.69, 9.17) is 15.9 Å². The number of rotatable bonds is 24. The molecule has 2 atom stereocenters. The number of aromatic nitrogens is 4. The van der Waals surface area contributed by atoms with Gasteiger partial charge in [-0.2, -0.15) is 14.4 Å². The number of aliphatic hydroxyl groups is 1. The van der Waals surface area contributed by atoms with Crippen molar-refractivity contribution in [2.75, 3.05) is 19.0 Å². The van der Waals surface area contributed by atoms with Crippen LogP contribution in [0.25, 0.3) is 11.2 Å². The molecule has 0 aliphatic heterocycles. The minimum Gasteiger partial charge on any atom is -0.456 e. The van der Waals surface area contributed by atoms with Crippen molar-refractivity contribution in [3.8, 4) is 12.3 Å². The van der Waals surface area contributed by atoms with Crippen molar-refractivity contribution in [2.45, 2.75) is 141 Å². The Morgan fingerprint density at radius 1 is 0.977 bits per heavy atom. The van der Waals surface area contributed by atoms with Crippen LogP contribution in [0.5, 0.6) is 0 Å². The van der Waals surface area contributed by atoms with Crippen LogP contribution < -0.4 is 5.32 Å². The number of hydrogen-bond donors (Lipinski definition) is 2. The molecular formula is C33H52FN5O5.